The molecule has 0 radical (unpaired) electrons. The Morgan fingerprint density at radius 2 is 1.11 bits per heavy atom. The van der Waals surface area contributed by atoms with E-state index in [1.54, 1.807) is 44.2 Å². The van der Waals surface area contributed by atoms with Crippen LogP contribution < -0.4 is 86.7 Å². The molecule has 0 bridgehead atoms. The first kappa shape index (κ1) is 77.0. The van der Waals surface area contributed by atoms with Crippen LogP contribution in [-0.2, 0) is 64.0 Å². The van der Waals surface area contributed by atoms with E-state index >= 15 is 0 Å². The molecule has 30 nitrogen and oxygen atoms in total. The highest BCUT2D eigenvalue weighted by Gasteiger charge is 2.38. The van der Waals surface area contributed by atoms with Gasteiger partial charge in [0.1, 0.15) is 66.3 Å². The van der Waals surface area contributed by atoms with Crippen molar-refractivity contribution in [2.75, 3.05) is 45.1 Å². The molecule has 1 fully saturated rings. The molecule has 0 aromatic heterocycles. The molecule has 1 aliphatic rings. The molecule has 0 saturated carbocycles. The van der Waals surface area contributed by atoms with Crippen molar-refractivity contribution in [3.05, 3.63) is 35.9 Å². The standard InChI is InChI=1S/C57H97ClN16O14/c1-6-7-8-9-13-16-44(77)65-36(17-23-59)52(83)74-47(34(5)76)57(88)70-39(20-26-62)49(80)68-40-22-28-64-56(87)46(33(4)75)73-53(84)41(21-27-63-45(78)31-58)69-48(79)37(18-24-60)67-54(85)42(29-32(2)3)71-55(86)43(30-35-14-11-10-12-15-35)72-50(81)38(19-25-61)66-51(40)82/h10-12,14-15,32-34,36-43,46-47,75-76H,6-9,13,16-31,59-62H2,1-5H3,(H,63,78)(H,64,87)(H,65,77)(H,66,82)(H,67,85)(H,68,80)(H,69,79)(H,70,88)(H,71,86)(H,72,81)(H,73,84)(H,74,83)/t33-,34-,36+,37+,38+,39+,40+,41+,42+,43-,46+,47+/m1/s1. The van der Waals surface area contributed by atoms with Crippen molar-refractivity contribution >= 4 is 82.5 Å². The van der Waals surface area contributed by atoms with E-state index in [1.165, 1.54) is 13.8 Å². The molecule has 31 heteroatoms. The van der Waals surface area contributed by atoms with Gasteiger partial charge in [-0.1, -0.05) is 76.8 Å². The van der Waals surface area contributed by atoms with Crippen molar-refractivity contribution in [3.63, 3.8) is 0 Å². The predicted octanol–water partition coefficient (Wildman–Crippen LogP) is -5.09. The number of benzene rings is 1. The van der Waals surface area contributed by atoms with Crippen LogP contribution in [0.25, 0.3) is 0 Å². The Morgan fingerprint density at radius 1 is 0.591 bits per heavy atom. The van der Waals surface area contributed by atoms with E-state index < -0.39 is 162 Å². The first-order chi connectivity index (χ1) is 41.8. The Bertz CT molecular complexity index is 2430. The van der Waals surface area contributed by atoms with Crippen LogP contribution in [0.4, 0.5) is 0 Å². The highest BCUT2D eigenvalue weighted by atomic mass is 35.5. The monoisotopic (exact) mass is 1260 g/mol. The summed E-state index contributed by atoms with van der Waals surface area (Å²) in [5, 5.41) is 52.1. The van der Waals surface area contributed by atoms with Crippen LogP contribution in [0.15, 0.2) is 30.3 Å². The predicted molar refractivity (Wildman–Crippen MR) is 326 cm³/mol. The summed E-state index contributed by atoms with van der Waals surface area (Å²) in [6.07, 6.45) is -0.427. The second-order valence-corrected chi connectivity index (χ2v) is 22.4. The van der Waals surface area contributed by atoms with Crippen molar-refractivity contribution in [1.82, 2.24) is 63.8 Å². The molecule has 1 saturated heterocycles. The molecule has 0 spiro atoms. The topological polar surface area (TPSA) is 494 Å². The first-order valence-corrected chi connectivity index (χ1v) is 30.7. The fourth-order valence-corrected chi connectivity index (χ4v) is 9.36. The summed E-state index contributed by atoms with van der Waals surface area (Å²) >= 11 is 5.66. The number of aliphatic hydroxyl groups is 2. The maximum absolute atomic E-state index is 14.6. The van der Waals surface area contributed by atoms with Crippen LogP contribution in [0.5, 0.6) is 0 Å². The lowest BCUT2D eigenvalue weighted by atomic mass is 10.00. The fraction of sp³-hybridized carbons (Fsp3) is 0.684. The van der Waals surface area contributed by atoms with E-state index in [1.807, 2.05) is 0 Å². The number of hydrogen-bond donors (Lipinski definition) is 18. The van der Waals surface area contributed by atoms with Gasteiger partial charge in [-0.15, -0.1) is 11.6 Å². The number of carbonyl (C=O) groups excluding carboxylic acids is 12. The van der Waals surface area contributed by atoms with E-state index in [-0.39, 0.29) is 90.0 Å². The quantitative estimate of drug-likeness (QED) is 0.0244. The minimum absolute atomic E-state index is 0.0110. The van der Waals surface area contributed by atoms with E-state index in [0.717, 1.165) is 25.7 Å². The third kappa shape index (κ3) is 28.4. The Labute approximate surface area is 519 Å². The average molecular weight is 1270 g/mol. The zero-order valence-corrected chi connectivity index (χ0v) is 52.0. The largest absolute Gasteiger partial charge is 0.391 e. The van der Waals surface area contributed by atoms with Crippen LogP contribution in [0.1, 0.15) is 124 Å². The molecule has 12 atom stereocenters. The zero-order valence-electron chi connectivity index (χ0n) is 51.2. The molecule has 1 aromatic rings. The molecule has 2 rings (SSSR count). The average Bonchev–Trinajstić information content (AvgIpc) is 3.38. The number of hydrogen-bond acceptors (Lipinski definition) is 18. The van der Waals surface area contributed by atoms with Gasteiger partial charge in [-0.05, 0) is 103 Å². The Hall–Kier alpha value is -7.09. The summed E-state index contributed by atoms with van der Waals surface area (Å²) in [5.74, 6) is -11.4. The number of carbonyl (C=O) groups is 12. The minimum Gasteiger partial charge on any atom is -0.391 e. The molecule has 88 heavy (non-hydrogen) atoms. The highest BCUT2D eigenvalue weighted by Crippen LogP contribution is 2.12. The van der Waals surface area contributed by atoms with Gasteiger partial charge >= 0.3 is 0 Å². The van der Waals surface area contributed by atoms with Gasteiger partial charge in [-0.25, -0.2) is 0 Å². The summed E-state index contributed by atoms with van der Waals surface area (Å²) in [7, 11) is 0. The maximum atomic E-state index is 14.6. The first-order valence-electron chi connectivity index (χ1n) is 30.2. The fourth-order valence-electron chi connectivity index (χ4n) is 9.26. The minimum atomic E-state index is -1.76. The summed E-state index contributed by atoms with van der Waals surface area (Å²) in [5.41, 5.74) is 24.1. The lowest BCUT2D eigenvalue weighted by Crippen LogP contribution is -2.62. The van der Waals surface area contributed by atoms with Gasteiger partial charge in [0, 0.05) is 25.9 Å². The van der Waals surface area contributed by atoms with Gasteiger partial charge in [0.2, 0.25) is 70.9 Å². The molecule has 496 valence electrons. The molecule has 0 aliphatic carbocycles. The molecule has 0 unspecified atom stereocenters. The number of alkyl halides is 1. The molecule has 12 amide bonds. The number of nitrogens with one attached hydrogen (secondary N) is 12. The van der Waals surface area contributed by atoms with Crippen molar-refractivity contribution < 1.29 is 67.7 Å². The van der Waals surface area contributed by atoms with Crippen LogP contribution >= 0.6 is 11.6 Å². The summed E-state index contributed by atoms with van der Waals surface area (Å²) < 4.78 is 0. The summed E-state index contributed by atoms with van der Waals surface area (Å²) in [4.78, 5) is 167. The van der Waals surface area contributed by atoms with Crippen molar-refractivity contribution in [3.8, 4) is 0 Å². The number of halogens is 1. The zero-order chi connectivity index (χ0) is 65.9. The molecule has 1 aromatic carbocycles. The molecule has 22 N–H and O–H groups in total. The Balaban J connectivity index is 2.73. The normalized spacial score (nSPS) is 22.1. The number of aliphatic hydroxyl groups excluding tert-OH is 2. The van der Waals surface area contributed by atoms with E-state index in [2.05, 4.69) is 70.7 Å². The Morgan fingerprint density at radius 3 is 1.66 bits per heavy atom. The van der Waals surface area contributed by atoms with Gasteiger partial charge in [0.05, 0.1) is 12.2 Å². The lowest BCUT2D eigenvalue weighted by Gasteiger charge is -2.29. The lowest BCUT2D eigenvalue weighted by molar-refractivity contribution is -0.137. The molecule has 1 heterocycles. The summed E-state index contributed by atoms with van der Waals surface area (Å²) in [6, 6.07) is -6.75. The number of rotatable bonds is 31. The van der Waals surface area contributed by atoms with Crippen molar-refractivity contribution in [2.24, 2.45) is 28.9 Å². The van der Waals surface area contributed by atoms with Crippen LogP contribution in [-0.4, -0.2) is 199 Å². The second kappa shape index (κ2) is 41.9. The molecule has 1 aliphatic heterocycles. The van der Waals surface area contributed by atoms with Gasteiger partial charge in [0.25, 0.3) is 0 Å². The maximum Gasteiger partial charge on any atom is 0.245 e. The third-order valence-corrected chi connectivity index (χ3v) is 14.4. The van der Waals surface area contributed by atoms with Crippen LogP contribution in [0, 0.1) is 5.92 Å². The highest BCUT2D eigenvalue weighted by molar-refractivity contribution is 6.27. The number of unbranched alkanes of at least 4 members (excludes halogenated alkanes) is 4. The molecular weight excluding hydrogens is 1170 g/mol. The van der Waals surface area contributed by atoms with E-state index in [0.29, 0.717) is 12.0 Å². The van der Waals surface area contributed by atoms with Gasteiger partial charge in [-0.3, -0.25) is 57.5 Å². The number of nitrogens with two attached hydrogens (primary N) is 4. The van der Waals surface area contributed by atoms with Gasteiger partial charge in [0.15, 0.2) is 0 Å². The van der Waals surface area contributed by atoms with Crippen molar-refractivity contribution in [2.45, 2.75) is 197 Å². The molecular formula is C57H97ClN16O14. The van der Waals surface area contributed by atoms with Gasteiger partial charge < -0.3 is 96.9 Å². The SMILES string of the molecule is CCCCCCCC(=O)N[C@@H](CCN)C(=O)N[C@H](C(=O)N[C@@H](CCN)C(=O)N[C@H]1CCNC(=O)[C@H]([C@@H](C)O)NC(=O)[C@H](CCNC(=O)CCl)NC(=O)[C@H](CCN)NC(=O)[C@H](CC(C)C)NC(=O)[C@@H](Cc2ccccc2)NC(=O)[C@H](CCN)NC1=O)[C@@H](C)O. The Kier molecular flexibility index (Phi) is 36.7. The van der Waals surface area contributed by atoms with Crippen LogP contribution in [0.3, 0.4) is 0 Å². The van der Waals surface area contributed by atoms with E-state index in [9.17, 15) is 67.7 Å². The smallest absolute Gasteiger partial charge is 0.245 e. The number of amides is 12. The summed E-state index contributed by atoms with van der Waals surface area (Å²) in [6.45, 7) is 6.57. The van der Waals surface area contributed by atoms with Crippen LogP contribution in [0.2, 0.25) is 0 Å². The van der Waals surface area contributed by atoms with Gasteiger partial charge in [-0.2, -0.15) is 0 Å². The second-order valence-electron chi connectivity index (χ2n) is 22.1. The van der Waals surface area contributed by atoms with E-state index in [4.69, 9.17) is 34.5 Å². The van der Waals surface area contributed by atoms with Crippen molar-refractivity contribution in [1.29, 1.82) is 0 Å². The third-order valence-electron chi connectivity index (χ3n) is 14.1.